The second kappa shape index (κ2) is 6.12. The van der Waals surface area contributed by atoms with E-state index in [-0.39, 0.29) is 11.9 Å². The molecule has 1 aromatic rings. The molecule has 3 N–H and O–H groups in total. The molecule has 5 nitrogen and oxygen atoms in total. The van der Waals surface area contributed by atoms with Gasteiger partial charge in [0, 0.05) is 25.4 Å². The highest BCUT2D eigenvalue weighted by Gasteiger charge is 2.20. The molecular weight excluding hydrogens is 266 g/mol. The third kappa shape index (κ3) is 3.11. The zero-order valence-corrected chi connectivity index (χ0v) is 11.6. The predicted molar refractivity (Wildman–Crippen MR) is 76.2 cm³/mol. The van der Waals surface area contributed by atoms with Gasteiger partial charge in [-0.3, -0.25) is 0 Å². The molecule has 0 spiro atoms. The monoisotopic (exact) mass is 283 g/mol. The molecule has 2 rings (SSSR count). The molecule has 1 aliphatic rings. The minimum Gasteiger partial charge on any atom is -0.409 e. The number of nitrogens with two attached hydrogens (primary N) is 1. The summed E-state index contributed by atoms with van der Waals surface area (Å²) in [6.45, 7) is 4.39. The maximum absolute atomic E-state index is 8.90. The number of ether oxygens (including phenoxy) is 1. The normalized spacial score (nSPS) is 21.3. The van der Waals surface area contributed by atoms with E-state index in [1.165, 1.54) is 0 Å². The van der Waals surface area contributed by atoms with Gasteiger partial charge in [0.05, 0.1) is 16.7 Å². The van der Waals surface area contributed by atoms with Gasteiger partial charge >= 0.3 is 0 Å². The first-order valence-corrected chi connectivity index (χ1v) is 6.64. The summed E-state index contributed by atoms with van der Waals surface area (Å²) in [5, 5.41) is 12.5. The molecule has 0 aliphatic carbocycles. The van der Waals surface area contributed by atoms with Gasteiger partial charge in [-0.15, -0.1) is 0 Å². The van der Waals surface area contributed by atoms with Crippen molar-refractivity contribution in [3.8, 4) is 0 Å². The first kappa shape index (κ1) is 14.0. The minimum atomic E-state index is 0.0263. The Morgan fingerprint density at radius 2 is 2.37 bits per heavy atom. The highest BCUT2D eigenvalue weighted by molar-refractivity contribution is 6.34. The number of oxime groups is 1. The van der Waals surface area contributed by atoms with Crippen LogP contribution in [-0.4, -0.2) is 36.8 Å². The lowest BCUT2D eigenvalue weighted by molar-refractivity contribution is 0.0821. The average Bonchev–Trinajstić information content (AvgIpc) is 2.62. The number of benzene rings is 1. The van der Waals surface area contributed by atoms with Crippen molar-refractivity contribution < 1.29 is 9.94 Å². The highest BCUT2D eigenvalue weighted by atomic mass is 35.5. The average molecular weight is 284 g/mol. The molecule has 1 saturated heterocycles. The Morgan fingerprint density at radius 1 is 1.58 bits per heavy atom. The van der Waals surface area contributed by atoms with Crippen LogP contribution in [0.2, 0.25) is 5.02 Å². The Bertz CT molecular complexity index is 479. The lowest BCUT2D eigenvalue weighted by Gasteiger charge is -2.26. The molecule has 1 heterocycles. The van der Waals surface area contributed by atoms with E-state index in [0.29, 0.717) is 10.6 Å². The van der Waals surface area contributed by atoms with Crippen LogP contribution in [0.15, 0.2) is 23.4 Å². The molecule has 19 heavy (non-hydrogen) atoms. The third-order valence-corrected chi connectivity index (χ3v) is 3.46. The van der Waals surface area contributed by atoms with Gasteiger partial charge in [-0.05, 0) is 25.5 Å². The van der Waals surface area contributed by atoms with Crippen LogP contribution >= 0.6 is 11.6 Å². The van der Waals surface area contributed by atoms with Crippen LogP contribution < -0.4 is 10.6 Å². The van der Waals surface area contributed by atoms with Crippen LogP contribution in [0.3, 0.4) is 0 Å². The number of halogens is 1. The molecule has 6 heteroatoms. The van der Waals surface area contributed by atoms with E-state index in [0.717, 1.165) is 31.8 Å². The number of amidine groups is 1. The number of nitrogens with zero attached hydrogens (tertiary/aromatic N) is 2. The largest absolute Gasteiger partial charge is 0.409 e. The van der Waals surface area contributed by atoms with Crippen molar-refractivity contribution >= 4 is 23.1 Å². The quantitative estimate of drug-likeness (QED) is 0.377. The van der Waals surface area contributed by atoms with Crippen molar-refractivity contribution in [3.63, 3.8) is 0 Å². The van der Waals surface area contributed by atoms with Crippen LogP contribution in [0.4, 0.5) is 5.69 Å². The SMILES string of the molecule is CC1CN(c2cccc(Cl)c2/C(N)=N/O)CCCO1. The molecule has 1 unspecified atom stereocenters. The van der Waals surface area contributed by atoms with Gasteiger partial charge in [-0.1, -0.05) is 22.8 Å². The number of anilines is 1. The minimum absolute atomic E-state index is 0.0263. The van der Waals surface area contributed by atoms with Crippen molar-refractivity contribution in [1.29, 1.82) is 0 Å². The van der Waals surface area contributed by atoms with Crippen molar-refractivity contribution in [2.24, 2.45) is 10.9 Å². The van der Waals surface area contributed by atoms with E-state index in [4.69, 9.17) is 27.3 Å². The maximum Gasteiger partial charge on any atom is 0.173 e. The molecule has 1 aliphatic heterocycles. The Hall–Kier alpha value is -1.46. The van der Waals surface area contributed by atoms with Gasteiger partial charge in [0.2, 0.25) is 0 Å². The number of hydrogen-bond donors (Lipinski definition) is 2. The molecule has 0 aromatic heterocycles. The smallest absolute Gasteiger partial charge is 0.173 e. The standard InChI is InChI=1S/C13H18ClN3O2/c1-9-8-17(6-3-7-19-9)11-5-2-4-10(14)12(11)13(15)16-18/h2,4-5,9,18H,3,6-8H2,1H3,(H2,15,16). The predicted octanol–water partition coefficient (Wildman–Crippen LogP) is 2.05. The van der Waals surface area contributed by atoms with E-state index >= 15 is 0 Å². The van der Waals surface area contributed by atoms with Crippen LogP contribution in [0, 0.1) is 0 Å². The zero-order chi connectivity index (χ0) is 13.8. The zero-order valence-electron chi connectivity index (χ0n) is 10.8. The lowest BCUT2D eigenvalue weighted by atomic mass is 10.1. The Labute approximate surface area is 117 Å². The third-order valence-electron chi connectivity index (χ3n) is 3.15. The first-order valence-electron chi connectivity index (χ1n) is 6.26. The van der Waals surface area contributed by atoms with Gasteiger partial charge < -0.3 is 20.6 Å². The topological polar surface area (TPSA) is 71.1 Å². The number of hydrogen-bond acceptors (Lipinski definition) is 4. The summed E-state index contributed by atoms with van der Waals surface area (Å²) in [5.74, 6) is 0.0263. The fourth-order valence-corrected chi connectivity index (χ4v) is 2.56. The second-order valence-electron chi connectivity index (χ2n) is 4.60. The van der Waals surface area contributed by atoms with Crippen molar-refractivity contribution in [1.82, 2.24) is 0 Å². The summed E-state index contributed by atoms with van der Waals surface area (Å²) in [7, 11) is 0. The van der Waals surface area contributed by atoms with Gasteiger partial charge in [-0.25, -0.2) is 0 Å². The molecule has 1 fully saturated rings. The van der Waals surface area contributed by atoms with Gasteiger partial charge in [0.15, 0.2) is 5.84 Å². The second-order valence-corrected chi connectivity index (χ2v) is 5.01. The summed E-state index contributed by atoms with van der Waals surface area (Å²) < 4.78 is 5.63. The molecule has 1 aromatic carbocycles. The van der Waals surface area contributed by atoms with E-state index in [1.807, 2.05) is 19.1 Å². The Balaban J connectivity index is 2.40. The van der Waals surface area contributed by atoms with Crippen molar-refractivity contribution in [2.75, 3.05) is 24.6 Å². The number of rotatable bonds is 2. The van der Waals surface area contributed by atoms with Gasteiger partial charge in [0.1, 0.15) is 0 Å². The van der Waals surface area contributed by atoms with Gasteiger partial charge in [-0.2, -0.15) is 0 Å². The highest BCUT2D eigenvalue weighted by Crippen LogP contribution is 2.28. The van der Waals surface area contributed by atoms with E-state index in [1.54, 1.807) is 6.07 Å². The van der Waals surface area contributed by atoms with Gasteiger partial charge in [0.25, 0.3) is 0 Å². The summed E-state index contributed by atoms with van der Waals surface area (Å²) in [4.78, 5) is 2.16. The molecule has 0 amide bonds. The summed E-state index contributed by atoms with van der Waals surface area (Å²) in [5.41, 5.74) is 7.18. The van der Waals surface area contributed by atoms with Crippen LogP contribution in [-0.2, 0) is 4.74 Å². The molecule has 0 radical (unpaired) electrons. The van der Waals surface area contributed by atoms with Crippen molar-refractivity contribution in [3.05, 3.63) is 28.8 Å². The molecular formula is C13H18ClN3O2. The first-order chi connectivity index (χ1) is 9.13. The summed E-state index contributed by atoms with van der Waals surface area (Å²) >= 11 is 6.17. The fraction of sp³-hybridized carbons (Fsp3) is 0.462. The Morgan fingerprint density at radius 3 is 3.11 bits per heavy atom. The lowest BCUT2D eigenvalue weighted by Crippen LogP contribution is -2.32. The Kier molecular flexibility index (Phi) is 4.50. The molecule has 104 valence electrons. The summed E-state index contributed by atoms with van der Waals surface area (Å²) in [6, 6.07) is 5.52. The van der Waals surface area contributed by atoms with E-state index in [2.05, 4.69) is 10.1 Å². The molecule has 1 atom stereocenters. The summed E-state index contributed by atoms with van der Waals surface area (Å²) in [6.07, 6.45) is 1.08. The molecule has 0 bridgehead atoms. The van der Waals surface area contributed by atoms with Crippen LogP contribution in [0.1, 0.15) is 18.9 Å². The van der Waals surface area contributed by atoms with E-state index < -0.39 is 0 Å². The maximum atomic E-state index is 8.90. The fourth-order valence-electron chi connectivity index (χ4n) is 2.29. The van der Waals surface area contributed by atoms with Crippen LogP contribution in [0.5, 0.6) is 0 Å². The van der Waals surface area contributed by atoms with Crippen molar-refractivity contribution in [2.45, 2.75) is 19.4 Å². The van der Waals surface area contributed by atoms with E-state index in [9.17, 15) is 0 Å². The van der Waals surface area contributed by atoms with Crippen LogP contribution in [0.25, 0.3) is 0 Å². The molecule has 0 saturated carbocycles.